The first-order chi connectivity index (χ1) is 5.65. The molecule has 1 aromatic heterocycles. The van der Waals surface area contributed by atoms with Crippen LogP contribution in [0.5, 0.6) is 0 Å². The molecule has 12 heavy (non-hydrogen) atoms. The third-order valence-corrected chi connectivity index (χ3v) is 2.32. The van der Waals surface area contributed by atoms with E-state index in [0.717, 1.165) is 20.7 Å². The van der Waals surface area contributed by atoms with Crippen LogP contribution in [0.25, 0.3) is 12.7 Å². The zero-order chi connectivity index (χ0) is 9.14. The molecule has 0 atom stereocenters. The number of H-pyrrole nitrogens is 1. The van der Waals surface area contributed by atoms with Crippen LogP contribution in [0.2, 0.25) is 0 Å². The third kappa shape index (κ3) is 1.85. The molecule has 1 heterocycles. The standard InChI is InChI=1S/C9H11BrN2/c1-4-8(10)5-9-6(2)11-12-7(9)3/h4-5,11H,2H2,1,3H3/b8-4+,9-5+. The summed E-state index contributed by atoms with van der Waals surface area (Å²) in [4.78, 5) is 0. The predicted molar refractivity (Wildman–Crippen MR) is 55.2 cm³/mol. The van der Waals surface area contributed by atoms with Crippen molar-refractivity contribution in [3.05, 3.63) is 26.8 Å². The molecular weight excluding hydrogens is 216 g/mol. The Bertz CT molecular complexity index is 401. The van der Waals surface area contributed by atoms with Crippen LogP contribution < -0.4 is 10.6 Å². The average molecular weight is 227 g/mol. The summed E-state index contributed by atoms with van der Waals surface area (Å²) in [5.41, 5.74) is 0.971. The van der Waals surface area contributed by atoms with Crippen LogP contribution in [0, 0.1) is 6.92 Å². The van der Waals surface area contributed by atoms with Crippen molar-refractivity contribution in [1.82, 2.24) is 10.2 Å². The summed E-state index contributed by atoms with van der Waals surface area (Å²) in [6.07, 6.45) is 3.98. The molecule has 1 N–H and O–H groups in total. The van der Waals surface area contributed by atoms with Gasteiger partial charge in [0.2, 0.25) is 0 Å². The Morgan fingerprint density at radius 3 is 2.75 bits per heavy atom. The van der Waals surface area contributed by atoms with Crippen molar-refractivity contribution in [2.75, 3.05) is 0 Å². The van der Waals surface area contributed by atoms with E-state index in [4.69, 9.17) is 0 Å². The lowest BCUT2D eigenvalue weighted by atomic mass is 10.3. The lowest BCUT2D eigenvalue weighted by molar-refractivity contribution is 1.03. The van der Waals surface area contributed by atoms with Crippen molar-refractivity contribution >= 4 is 28.6 Å². The second-order valence-corrected chi connectivity index (χ2v) is 3.43. The normalized spacial score (nSPS) is 13.9. The van der Waals surface area contributed by atoms with E-state index >= 15 is 0 Å². The second kappa shape index (κ2) is 3.72. The molecule has 0 spiro atoms. The van der Waals surface area contributed by atoms with E-state index in [1.165, 1.54) is 0 Å². The Morgan fingerprint density at radius 1 is 1.67 bits per heavy atom. The zero-order valence-electron chi connectivity index (χ0n) is 7.19. The molecule has 0 saturated heterocycles. The van der Waals surface area contributed by atoms with Crippen molar-refractivity contribution < 1.29 is 0 Å². The highest BCUT2D eigenvalue weighted by Crippen LogP contribution is 2.04. The number of nitrogens with one attached hydrogen (secondary N) is 1. The largest absolute Gasteiger partial charge is 0.278 e. The van der Waals surface area contributed by atoms with Crippen LogP contribution in [0.15, 0.2) is 10.6 Å². The van der Waals surface area contributed by atoms with Gasteiger partial charge >= 0.3 is 0 Å². The van der Waals surface area contributed by atoms with Crippen molar-refractivity contribution in [2.24, 2.45) is 0 Å². The maximum atomic E-state index is 4.04. The Hall–Kier alpha value is -0.830. The van der Waals surface area contributed by atoms with Gasteiger partial charge in [0.1, 0.15) is 0 Å². The average Bonchev–Trinajstić information content (AvgIpc) is 2.35. The smallest absolute Gasteiger partial charge is 0.0670 e. The molecule has 0 bridgehead atoms. The molecule has 0 aliphatic heterocycles. The van der Waals surface area contributed by atoms with E-state index < -0.39 is 0 Å². The van der Waals surface area contributed by atoms with Gasteiger partial charge in [-0.1, -0.05) is 28.6 Å². The summed E-state index contributed by atoms with van der Waals surface area (Å²) >= 11 is 3.40. The van der Waals surface area contributed by atoms with Crippen LogP contribution in [0.1, 0.15) is 12.6 Å². The Labute approximate surface area is 79.8 Å². The van der Waals surface area contributed by atoms with Gasteiger partial charge in [0.05, 0.1) is 11.0 Å². The lowest BCUT2D eigenvalue weighted by Crippen LogP contribution is -2.22. The van der Waals surface area contributed by atoms with E-state index in [1.807, 2.05) is 26.0 Å². The SMILES string of the molecule is C=c1[nH]nc(C)/c1=C/C(Br)=C\C. The monoisotopic (exact) mass is 226 g/mol. The maximum Gasteiger partial charge on any atom is 0.0670 e. The van der Waals surface area contributed by atoms with Crippen molar-refractivity contribution in [2.45, 2.75) is 13.8 Å². The number of allylic oxidation sites excluding steroid dienone is 2. The van der Waals surface area contributed by atoms with Gasteiger partial charge in [-0.05, 0) is 19.9 Å². The molecule has 0 fully saturated rings. The van der Waals surface area contributed by atoms with Crippen molar-refractivity contribution in [3.63, 3.8) is 0 Å². The summed E-state index contributed by atoms with van der Waals surface area (Å²) in [6, 6.07) is 0. The first-order valence-electron chi connectivity index (χ1n) is 3.68. The summed E-state index contributed by atoms with van der Waals surface area (Å²) < 4.78 is 1.04. The molecule has 0 aliphatic rings. The minimum absolute atomic E-state index is 0.853. The summed E-state index contributed by atoms with van der Waals surface area (Å²) in [5, 5.41) is 8.77. The quantitative estimate of drug-likeness (QED) is 0.767. The number of aromatic nitrogens is 2. The van der Waals surface area contributed by atoms with Gasteiger partial charge in [0, 0.05) is 9.70 Å². The summed E-state index contributed by atoms with van der Waals surface area (Å²) in [7, 11) is 0. The third-order valence-electron chi connectivity index (χ3n) is 1.63. The first kappa shape index (κ1) is 9.26. The van der Waals surface area contributed by atoms with Crippen LogP contribution >= 0.6 is 15.9 Å². The van der Waals surface area contributed by atoms with Crippen LogP contribution in [-0.2, 0) is 0 Å². The van der Waals surface area contributed by atoms with Gasteiger partial charge in [-0.2, -0.15) is 5.10 Å². The van der Waals surface area contributed by atoms with Gasteiger partial charge in [0.15, 0.2) is 0 Å². The molecule has 0 aromatic carbocycles. The number of hydrogen-bond acceptors (Lipinski definition) is 1. The highest BCUT2D eigenvalue weighted by atomic mass is 79.9. The molecule has 0 unspecified atom stereocenters. The summed E-state index contributed by atoms with van der Waals surface area (Å²) in [5.74, 6) is 0. The highest BCUT2D eigenvalue weighted by molar-refractivity contribution is 9.12. The maximum absolute atomic E-state index is 4.04. The van der Waals surface area contributed by atoms with E-state index in [2.05, 4.69) is 32.7 Å². The second-order valence-electron chi connectivity index (χ2n) is 2.52. The molecule has 64 valence electrons. The zero-order valence-corrected chi connectivity index (χ0v) is 8.77. The fourth-order valence-corrected chi connectivity index (χ4v) is 1.13. The first-order valence-corrected chi connectivity index (χ1v) is 4.48. The molecule has 0 aliphatic carbocycles. The molecule has 0 saturated carbocycles. The molecule has 1 rings (SSSR count). The molecule has 1 aromatic rings. The number of nitrogens with zero attached hydrogens (tertiary/aromatic N) is 1. The predicted octanol–water partition coefficient (Wildman–Crippen LogP) is 1.21. The van der Waals surface area contributed by atoms with E-state index in [0.29, 0.717) is 0 Å². The van der Waals surface area contributed by atoms with Gasteiger partial charge in [0.25, 0.3) is 0 Å². The fourth-order valence-electron chi connectivity index (χ4n) is 0.903. The minimum Gasteiger partial charge on any atom is -0.278 e. The number of rotatable bonds is 1. The van der Waals surface area contributed by atoms with Gasteiger partial charge in [-0.3, -0.25) is 5.10 Å². The number of halogens is 1. The van der Waals surface area contributed by atoms with Crippen LogP contribution in [0.3, 0.4) is 0 Å². The molecule has 3 heteroatoms. The Balaban J connectivity index is 3.36. The Morgan fingerprint density at radius 2 is 2.33 bits per heavy atom. The van der Waals surface area contributed by atoms with Crippen LogP contribution in [-0.4, -0.2) is 10.2 Å². The van der Waals surface area contributed by atoms with Crippen molar-refractivity contribution in [1.29, 1.82) is 0 Å². The van der Waals surface area contributed by atoms with Gasteiger partial charge < -0.3 is 0 Å². The van der Waals surface area contributed by atoms with Crippen LogP contribution in [0.4, 0.5) is 0 Å². The van der Waals surface area contributed by atoms with Crippen molar-refractivity contribution in [3.8, 4) is 0 Å². The minimum atomic E-state index is 0.853. The molecular formula is C9H11BrN2. The van der Waals surface area contributed by atoms with E-state index in [1.54, 1.807) is 0 Å². The molecule has 2 nitrogen and oxygen atoms in total. The van der Waals surface area contributed by atoms with E-state index in [-0.39, 0.29) is 0 Å². The molecule has 0 amide bonds. The fraction of sp³-hybridized carbons (Fsp3) is 0.222. The van der Waals surface area contributed by atoms with Gasteiger partial charge in [-0.15, -0.1) is 0 Å². The lowest BCUT2D eigenvalue weighted by Gasteiger charge is -1.84. The number of aryl methyl sites for hydroxylation is 1. The highest BCUT2D eigenvalue weighted by Gasteiger charge is 1.92. The molecule has 0 radical (unpaired) electrons. The Kier molecular flexibility index (Phi) is 2.87. The topological polar surface area (TPSA) is 28.7 Å². The number of aromatic amines is 1. The number of hydrogen-bond donors (Lipinski definition) is 1. The van der Waals surface area contributed by atoms with Gasteiger partial charge in [-0.25, -0.2) is 0 Å². The van der Waals surface area contributed by atoms with E-state index in [9.17, 15) is 0 Å². The summed E-state index contributed by atoms with van der Waals surface area (Å²) in [6.45, 7) is 7.75.